The predicted octanol–water partition coefficient (Wildman–Crippen LogP) is 3.33. The van der Waals surface area contributed by atoms with Crippen molar-refractivity contribution in [3.63, 3.8) is 0 Å². The molecule has 0 saturated carbocycles. The Morgan fingerprint density at radius 2 is 2.00 bits per heavy atom. The van der Waals surface area contributed by atoms with Crippen LogP contribution in [0.15, 0.2) is 47.1 Å². The molecular weight excluding hydrogens is 214 g/mol. The summed E-state index contributed by atoms with van der Waals surface area (Å²) in [6.45, 7) is 0.938. The third-order valence-electron chi connectivity index (χ3n) is 2.60. The molecule has 2 rings (SSSR count). The summed E-state index contributed by atoms with van der Waals surface area (Å²) in [5.74, 6) is 1.92. The minimum absolute atomic E-state index is 0.881. The quantitative estimate of drug-likeness (QED) is 0.774. The molecule has 0 aliphatic carbocycles. The average Bonchev–Trinajstić information content (AvgIpc) is 2.88. The standard InChI is InChI=1S/C14H17NO2/c1-16-13-8-6-12(7-9-13)15-10-2-4-14-5-3-11-17-14/h3,5-9,11,15H,2,4,10H2,1H3. The highest BCUT2D eigenvalue weighted by Crippen LogP contribution is 2.15. The van der Waals surface area contributed by atoms with Crippen LogP contribution in [0.3, 0.4) is 0 Å². The minimum atomic E-state index is 0.881. The topological polar surface area (TPSA) is 34.4 Å². The van der Waals surface area contributed by atoms with E-state index in [1.165, 1.54) is 0 Å². The lowest BCUT2D eigenvalue weighted by Crippen LogP contribution is -2.02. The highest BCUT2D eigenvalue weighted by Gasteiger charge is 1.96. The van der Waals surface area contributed by atoms with Crippen molar-refractivity contribution in [2.45, 2.75) is 12.8 Å². The Morgan fingerprint density at radius 1 is 1.18 bits per heavy atom. The zero-order chi connectivity index (χ0) is 11.9. The number of rotatable bonds is 6. The van der Waals surface area contributed by atoms with Gasteiger partial charge in [-0.15, -0.1) is 0 Å². The summed E-state index contributed by atoms with van der Waals surface area (Å²) in [5.41, 5.74) is 1.12. The van der Waals surface area contributed by atoms with Gasteiger partial charge in [0.25, 0.3) is 0 Å². The highest BCUT2D eigenvalue weighted by atomic mass is 16.5. The molecular formula is C14H17NO2. The van der Waals surface area contributed by atoms with E-state index in [0.29, 0.717) is 0 Å². The molecule has 17 heavy (non-hydrogen) atoms. The molecule has 0 fully saturated rings. The van der Waals surface area contributed by atoms with Crippen molar-refractivity contribution < 1.29 is 9.15 Å². The fourth-order valence-corrected chi connectivity index (χ4v) is 1.66. The van der Waals surface area contributed by atoms with Gasteiger partial charge < -0.3 is 14.5 Å². The molecule has 0 aliphatic rings. The van der Waals surface area contributed by atoms with E-state index in [2.05, 4.69) is 5.32 Å². The molecule has 0 atom stereocenters. The molecule has 0 radical (unpaired) electrons. The summed E-state index contributed by atoms with van der Waals surface area (Å²) < 4.78 is 10.4. The first-order chi connectivity index (χ1) is 8.38. The smallest absolute Gasteiger partial charge is 0.119 e. The lowest BCUT2D eigenvalue weighted by atomic mass is 10.2. The summed E-state index contributed by atoms with van der Waals surface area (Å²) in [6.07, 6.45) is 3.74. The number of furan rings is 1. The van der Waals surface area contributed by atoms with Gasteiger partial charge in [0.05, 0.1) is 13.4 Å². The monoisotopic (exact) mass is 231 g/mol. The van der Waals surface area contributed by atoms with Crippen LogP contribution < -0.4 is 10.1 Å². The lowest BCUT2D eigenvalue weighted by Gasteiger charge is -2.06. The molecule has 90 valence electrons. The molecule has 3 nitrogen and oxygen atoms in total. The van der Waals surface area contributed by atoms with Crippen LogP contribution in [0.5, 0.6) is 5.75 Å². The van der Waals surface area contributed by atoms with E-state index in [4.69, 9.17) is 9.15 Å². The Balaban J connectivity index is 1.70. The first-order valence-corrected chi connectivity index (χ1v) is 5.79. The number of anilines is 1. The van der Waals surface area contributed by atoms with E-state index >= 15 is 0 Å². The van der Waals surface area contributed by atoms with Crippen molar-refractivity contribution >= 4 is 5.69 Å². The third kappa shape index (κ3) is 3.55. The van der Waals surface area contributed by atoms with Crippen molar-refractivity contribution in [1.29, 1.82) is 0 Å². The summed E-state index contributed by atoms with van der Waals surface area (Å²) in [4.78, 5) is 0. The Labute approximate surface area is 101 Å². The number of benzene rings is 1. The van der Waals surface area contributed by atoms with Gasteiger partial charge in [0, 0.05) is 18.7 Å². The van der Waals surface area contributed by atoms with Crippen LogP contribution in [-0.2, 0) is 6.42 Å². The number of hydrogen-bond donors (Lipinski definition) is 1. The van der Waals surface area contributed by atoms with E-state index in [-0.39, 0.29) is 0 Å². The Morgan fingerprint density at radius 3 is 2.65 bits per heavy atom. The van der Waals surface area contributed by atoms with E-state index < -0.39 is 0 Å². The second-order valence-corrected chi connectivity index (χ2v) is 3.84. The first-order valence-electron chi connectivity index (χ1n) is 5.79. The van der Waals surface area contributed by atoms with Gasteiger partial charge in [-0.2, -0.15) is 0 Å². The van der Waals surface area contributed by atoms with Gasteiger partial charge in [0.15, 0.2) is 0 Å². The van der Waals surface area contributed by atoms with Crippen molar-refractivity contribution in [3.8, 4) is 5.75 Å². The fraction of sp³-hybridized carbons (Fsp3) is 0.286. The van der Waals surface area contributed by atoms with Gasteiger partial charge in [-0.25, -0.2) is 0 Å². The largest absolute Gasteiger partial charge is 0.497 e. The van der Waals surface area contributed by atoms with Crippen molar-refractivity contribution in [3.05, 3.63) is 48.4 Å². The van der Waals surface area contributed by atoms with E-state index in [9.17, 15) is 0 Å². The molecule has 1 aromatic heterocycles. The Hall–Kier alpha value is -1.90. The molecule has 0 amide bonds. The molecule has 0 bridgehead atoms. The molecule has 1 heterocycles. The van der Waals surface area contributed by atoms with Crippen LogP contribution in [0.2, 0.25) is 0 Å². The summed E-state index contributed by atoms with van der Waals surface area (Å²) in [5, 5.41) is 3.36. The van der Waals surface area contributed by atoms with Gasteiger partial charge >= 0.3 is 0 Å². The normalized spacial score (nSPS) is 10.2. The molecule has 0 saturated heterocycles. The van der Waals surface area contributed by atoms with Gasteiger partial charge in [-0.3, -0.25) is 0 Å². The predicted molar refractivity (Wildman–Crippen MR) is 68.5 cm³/mol. The van der Waals surface area contributed by atoms with E-state index in [1.807, 2.05) is 36.4 Å². The molecule has 3 heteroatoms. The molecule has 2 aromatic rings. The van der Waals surface area contributed by atoms with Gasteiger partial charge in [0.1, 0.15) is 11.5 Å². The van der Waals surface area contributed by atoms with Crippen molar-refractivity contribution in [2.24, 2.45) is 0 Å². The maximum Gasteiger partial charge on any atom is 0.119 e. The summed E-state index contributed by atoms with van der Waals surface area (Å²) >= 11 is 0. The molecule has 1 aromatic carbocycles. The van der Waals surface area contributed by atoms with E-state index in [0.717, 1.165) is 36.6 Å². The van der Waals surface area contributed by atoms with Crippen molar-refractivity contribution in [2.75, 3.05) is 19.0 Å². The first kappa shape index (κ1) is 11.6. The molecule has 0 aliphatic heterocycles. The third-order valence-corrected chi connectivity index (χ3v) is 2.60. The number of hydrogen-bond acceptors (Lipinski definition) is 3. The number of methoxy groups -OCH3 is 1. The van der Waals surface area contributed by atoms with Gasteiger partial charge in [0.2, 0.25) is 0 Å². The van der Waals surface area contributed by atoms with Crippen LogP contribution in [0.4, 0.5) is 5.69 Å². The number of aryl methyl sites for hydroxylation is 1. The second-order valence-electron chi connectivity index (χ2n) is 3.84. The van der Waals surface area contributed by atoms with Gasteiger partial charge in [-0.1, -0.05) is 0 Å². The Bertz CT molecular complexity index is 420. The molecule has 0 unspecified atom stereocenters. The maximum absolute atomic E-state index is 5.27. The van der Waals surface area contributed by atoms with Crippen LogP contribution >= 0.6 is 0 Å². The zero-order valence-electron chi connectivity index (χ0n) is 9.98. The van der Waals surface area contributed by atoms with Crippen LogP contribution in [0, 0.1) is 0 Å². The maximum atomic E-state index is 5.27. The molecule has 1 N–H and O–H groups in total. The van der Waals surface area contributed by atoms with Crippen LogP contribution in [0.25, 0.3) is 0 Å². The summed E-state index contributed by atoms with van der Waals surface area (Å²) in [7, 11) is 1.67. The number of nitrogens with one attached hydrogen (secondary N) is 1. The highest BCUT2D eigenvalue weighted by molar-refractivity contribution is 5.46. The van der Waals surface area contributed by atoms with Crippen molar-refractivity contribution in [1.82, 2.24) is 0 Å². The minimum Gasteiger partial charge on any atom is -0.497 e. The Kier molecular flexibility index (Phi) is 4.08. The fourth-order valence-electron chi connectivity index (χ4n) is 1.66. The summed E-state index contributed by atoms with van der Waals surface area (Å²) in [6, 6.07) is 11.9. The molecule has 0 spiro atoms. The number of ether oxygens (including phenoxy) is 1. The van der Waals surface area contributed by atoms with E-state index in [1.54, 1.807) is 13.4 Å². The zero-order valence-corrected chi connectivity index (χ0v) is 9.98. The lowest BCUT2D eigenvalue weighted by molar-refractivity contribution is 0.415. The average molecular weight is 231 g/mol. The SMILES string of the molecule is COc1ccc(NCCCc2ccco2)cc1. The van der Waals surface area contributed by atoms with Crippen LogP contribution in [0.1, 0.15) is 12.2 Å². The van der Waals surface area contributed by atoms with Gasteiger partial charge in [-0.05, 0) is 42.8 Å². The second kappa shape index (κ2) is 5.99. The van der Waals surface area contributed by atoms with Crippen LogP contribution in [-0.4, -0.2) is 13.7 Å².